The molecule has 4 nitrogen and oxygen atoms in total. The molecule has 94 valence electrons. The Morgan fingerprint density at radius 2 is 1.78 bits per heavy atom. The Morgan fingerprint density at radius 3 is 2.33 bits per heavy atom. The van der Waals surface area contributed by atoms with Gasteiger partial charge < -0.3 is 0 Å². The van der Waals surface area contributed by atoms with Crippen molar-refractivity contribution in [2.75, 3.05) is 4.72 Å². The van der Waals surface area contributed by atoms with Crippen LogP contribution in [-0.2, 0) is 10.0 Å². The van der Waals surface area contributed by atoms with Crippen molar-refractivity contribution in [3.8, 4) is 0 Å². The molecule has 0 amide bonds. The highest BCUT2D eigenvalue weighted by Crippen LogP contribution is 2.16. The minimum Gasteiger partial charge on any atom is -0.263 e. The van der Waals surface area contributed by atoms with E-state index in [0.717, 1.165) is 5.56 Å². The number of aromatic nitrogens is 1. The number of rotatable bonds is 3. The van der Waals surface area contributed by atoms with Gasteiger partial charge in [-0.3, -0.25) is 4.72 Å². The predicted molar refractivity (Wildman–Crippen MR) is 71.2 cm³/mol. The van der Waals surface area contributed by atoms with Gasteiger partial charge in [0.25, 0.3) is 10.0 Å². The maximum atomic E-state index is 12.0. The van der Waals surface area contributed by atoms with Crippen LogP contribution in [0.2, 0.25) is 5.02 Å². The number of nitrogens with zero attached hydrogens (tertiary/aromatic N) is 1. The van der Waals surface area contributed by atoms with Gasteiger partial charge in [0, 0.05) is 6.20 Å². The number of halogens is 1. The van der Waals surface area contributed by atoms with Crippen molar-refractivity contribution in [2.24, 2.45) is 0 Å². The van der Waals surface area contributed by atoms with E-state index in [1.54, 1.807) is 30.3 Å². The summed E-state index contributed by atoms with van der Waals surface area (Å²) >= 11 is 5.68. The lowest BCUT2D eigenvalue weighted by atomic mass is 10.2. The maximum absolute atomic E-state index is 12.0. The van der Waals surface area contributed by atoms with E-state index in [9.17, 15) is 8.42 Å². The summed E-state index contributed by atoms with van der Waals surface area (Å²) in [4.78, 5) is 4.08. The Morgan fingerprint density at radius 1 is 1.11 bits per heavy atom. The second-order valence-corrected chi connectivity index (χ2v) is 5.90. The zero-order valence-electron chi connectivity index (χ0n) is 9.59. The molecule has 0 aliphatic carbocycles. The van der Waals surface area contributed by atoms with Gasteiger partial charge in [-0.25, -0.2) is 13.4 Å². The minimum atomic E-state index is -3.60. The Bertz CT molecular complexity index is 637. The van der Waals surface area contributed by atoms with Gasteiger partial charge in [0.15, 0.2) is 0 Å². The van der Waals surface area contributed by atoms with Gasteiger partial charge in [0.05, 0.1) is 9.92 Å². The minimum absolute atomic E-state index is 0.199. The molecule has 0 bridgehead atoms. The molecule has 0 aliphatic rings. The van der Waals surface area contributed by atoms with Crippen LogP contribution in [0.5, 0.6) is 0 Å². The van der Waals surface area contributed by atoms with E-state index in [0.29, 0.717) is 5.02 Å². The molecule has 0 atom stereocenters. The molecule has 0 fully saturated rings. The largest absolute Gasteiger partial charge is 0.263 e. The summed E-state index contributed by atoms with van der Waals surface area (Å²) in [6.07, 6.45) is 1.38. The van der Waals surface area contributed by atoms with Crippen LogP contribution in [0.3, 0.4) is 0 Å². The zero-order chi connectivity index (χ0) is 13.2. The summed E-state index contributed by atoms with van der Waals surface area (Å²) in [7, 11) is -3.60. The van der Waals surface area contributed by atoms with Crippen LogP contribution in [0.15, 0.2) is 47.5 Å². The molecule has 0 saturated heterocycles. The molecule has 6 heteroatoms. The highest BCUT2D eigenvalue weighted by molar-refractivity contribution is 7.92. The predicted octanol–water partition coefficient (Wildman–Crippen LogP) is 2.84. The van der Waals surface area contributed by atoms with Crippen LogP contribution in [0.25, 0.3) is 0 Å². The van der Waals surface area contributed by atoms with Crippen molar-refractivity contribution in [3.63, 3.8) is 0 Å². The first-order valence-electron chi connectivity index (χ1n) is 5.18. The van der Waals surface area contributed by atoms with E-state index in [2.05, 4.69) is 9.71 Å². The molecular weight excluding hydrogens is 272 g/mol. The topological polar surface area (TPSA) is 59.1 Å². The lowest BCUT2D eigenvalue weighted by Crippen LogP contribution is -2.13. The molecular formula is C12H11ClN2O2S. The van der Waals surface area contributed by atoms with Crippen molar-refractivity contribution in [1.82, 2.24) is 4.98 Å². The highest BCUT2D eigenvalue weighted by atomic mass is 35.5. The fraction of sp³-hybridized carbons (Fsp3) is 0.0833. The van der Waals surface area contributed by atoms with E-state index in [1.807, 2.05) is 6.92 Å². The van der Waals surface area contributed by atoms with Crippen LogP contribution >= 0.6 is 11.6 Å². The van der Waals surface area contributed by atoms with Crippen molar-refractivity contribution in [3.05, 3.63) is 53.2 Å². The van der Waals surface area contributed by atoms with Gasteiger partial charge in [0.1, 0.15) is 5.82 Å². The third-order valence-electron chi connectivity index (χ3n) is 2.30. The Labute approximate surface area is 111 Å². The lowest BCUT2D eigenvalue weighted by Gasteiger charge is -2.07. The summed E-state index contributed by atoms with van der Waals surface area (Å²) < 4.78 is 26.4. The Hall–Kier alpha value is -1.59. The van der Waals surface area contributed by atoms with Crippen molar-refractivity contribution in [2.45, 2.75) is 11.8 Å². The number of nitrogens with one attached hydrogen (secondary N) is 1. The normalized spacial score (nSPS) is 11.2. The fourth-order valence-corrected chi connectivity index (χ4v) is 2.47. The Balaban J connectivity index is 2.27. The van der Waals surface area contributed by atoms with Gasteiger partial charge in [-0.2, -0.15) is 0 Å². The molecule has 0 aliphatic heterocycles. The molecule has 0 unspecified atom stereocenters. The third kappa shape index (κ3) is 3.00. The van der Waals surface area contributed by atoms with Crippen LogP contribution in [0.4, 0.5) is 5.82 Å². The summed E-state index contributed by atoms with van der Waals surface area (Å²) in [6.45, 7) is 1.89. The third-order valence-corrected chi connectivity index (χ3v) is 3.89. The van der Waals surface area contributed by atoms with Gasteiger partial charge in [-0.1, -0.05) is 29.3 Å². The van der Waals surface area contributed by atoms with Crippen LogP contribution < -0.4 is 4.72 Å². The molecule has 1 aromatic heterocycles. The van der Waals surface area contributed by atoms with Gasteiger partial charge in [-0.05, 0) is 31.2 Å². The average Bonchev–Trinajstić information content (AvgIpc) is 2.32. The molecule has 1 N–H and O–H groups in total. The number of hydrogen-bond donors (Lipinski definition) is 1. The number of anilines is 1. The summed E-state index contributed by atoms with van der Waals surface area (Å²) in [5, 5.41) is 0.452. The number of benzene rings is 1. The van der Waals surface area contributed by atoms with Gasteiger partial charge in [0.2, 0.25) is 0 Å². The summed E-state index contributed by atoms with van der Waals surface area (Å²) in [6, 6.07) is 9.66. The average molecular weight is 283 g/mol. The van der Waals surface area contributed by atoms with Crippen molar-refractivity contribution < 1.29 is 8.42 Å². The lowest BCUT2D eigenvalue weighted by molar-refractivity contribution is 0.601. The zero-order valence-corrected chi connectivity index (χ0v) is 11.2. The molecule has 1 aromatic carbocycles. The van der Waals surface area contributed by atoms with E-state index in [-0.39, 0.29) is 10.7 Å². The van der Waals surface area contributed by atoms with Gasteiger partial charge >= 0.3 is 0 Å². The SMILES string of the molecule is Cc1ccc(S(=O)(=O)Nc2ccc(Cl)cn2)cc1. The Kier molecular flexibility index (Phi) is 3.54. The molecule has 0 saturated carbocycles. The molecule has 0 radical (unpaired) electrons. The summed E-state index contributed by atoms with van der Waals surface area (Å²) in [5.74, 6) is 0.236. The molecule has 1 heterocycles. The van der Waals surface area contributed by atoms with E-state index in [1.165, 1.54) is 12.3 Å². The number of pyridine rings is 1. The van der Waals surface area contributed by atoms with Crippen molar-refractivity contribution >= 4 is 27.4 Å². The summed E-state index contributed by atoms with van der Waals surface area (Å²) in [5.41, 5.74) is 0.999. The molecule has 0 spiro atoms. The standard InChI is InChI=1S/C12H11ClN2O2S/c1-9-2-5-11(6-3-9)18(16,17)15-12-7-4-10(13)8-14-12/h2-8H,1H3,(H,14,15). The smallest absolute Gasteiger partial charge is 0.263 e. The number of aryl methyl sites for hydroxylation is 1. The van der Waals surface area contributed by atoms with E-state index in [4.69, 9.17) is 11.6 Å². The monoisotopic (exact) mass is 282 g/mol. The highest BCUT2D eigenvalue weighted by Gasteiger charge is 2.14. The van der Waals surface area contributed by atoms with Crippen LogP contribution in [0, 0.1) is 6.92 Å². The van der Waals surface area contributed by atoms with E-state index >= 15 is 0 Å². The quantitative estimate of drug-likeness (QED) is 0.942. The second-order valence-electron chi connectivity index (χ2n) is 3.78. The van der Waals surface area contributed by atoms with Crippen LogP contribution in [-0.4, -0.2) is 13.4 Å². The van der Waals surface area contributed by atoms with Crippen molar-refractivity contribution in [1.29, 1.82) is 0 Å². The first-order valence-corrected chi connectivity index (χ1v) is 7.04. The molecule has 18 heavy (non-hydrogen) atoms. The van der Waals surface area contributed by atoms with E-state index < -0.39 is 10.0 Å². The molecule has 2 aromatic rings. The molecule has 2 rings (SSSR count). The second kappa shape index (κ2) is 4.96. The fourth-order valence-electron chi connectivity index (χ4n) is 1.35. The number of sulfonamides is 1. The first kappa shape index (κ1) is 12.9. The number of hydrogen-bond acceptors (Lipinski definition) is 3. The van der Waals surface area contributed by atoms with Crippen LogP contribution in [0.1, 0.15) is 5.56 Å². The van der Waals surface area contributed by atoms with Gasteiger partial charge in [-0.15, -0.1) is 0 Å². The first-order chi connectivity index (χ1) is 8.47. The maximum Gasteiger partial charge on any atom is 0.263 e.